The molecule has 3 N–H and O–H groups in total. The van der Waals surface area contributed by atoms with E-state index < -0.39 is 11.5 Å². The van der Waals surface area contributed by atoms with Gasteiger partial charge in [-0.25, -0.2) is 0 Å². The Balaban J connectivity index is 2.38. The molecule has 0 spiro atoms. The van der Waals surface area contributed by atoms with Crippen LogP contribution in [0.2, 0.25) is 0 Å². The lowest BCUT2D eigenvalue weighted by molar-refractivity contribution is -0.122. The Morgan fingerprint density at radius 3 is 2.95 bits per heavy atom. The molecule has 1 aliphatic rings. The van der Waals surface area contributed by atoms with Gasteiger partial charge in [-0.3, -0.25) is 4.79 Å². The fraction of sp³-hybridized carbons (Fsp3) is 0.357. The molecule has 1 aromatic rings. The molecule has 6 nitrogen and oxygen atoms in total. The van der Waals surface area contributed by atoms with Crippen molar-refractivity contribution in [3.05, 3.63) is 48.7 Å². The SMILES string of the molecule is C=C[C@@]1(c2nc(C)no2)C=CC=CC1NC(=O)C(C)N. The van der Waals surface area contributed by atoms with Crippen LogP contribution in [0, 0.1) is 6.92 Å². The van der Waals surface area contributed by atoms with Crippen LogP contribution in [-0.4, -0.2) is 28.1 Å². The summed E-state index contributed by atoms with van der Waals surface area (Å²) < 4.78 is 5.27. The average Bonchev–Trinajstić information content (AvgIpc) is 2.86. The minimum atomic E-state index is -0.763. The van der Waals surface area contributed by atoms with Crippen molar-refractivity contribution in [1.29, 1.82) is 0 Å². The lowest BCUT2D eigenvalue weighted by atomic mass is 9.77. The molecule has 0 bridgehead atoms. The van der Waals surface area contributed by atoms with E-state index in [9.17, 15) is 4.79 Å². The number of hydrogen-bond donors (Lipinski definition) is 2. The lowest BCUT2D eigenvalue weighted by Gasteiger charge is -2.33. The number of nitrogens with one attached hydrogen (secondary N) is 1. The molecular formula is C14H18N4O2. The summed E-state index contributed by atoms with van der Waals surface area (Å²) in [6, 6.07) is -0.968. The lowest BCUT2D eigenvalue weighted by Crippen LogP contribution is -2.52. The first-order valence-corrected chi connectivity index (χ1v) is 6.36. The Morgan fingerprint density at radius 1 is 1.65 bits per heavy atom. The van der Waals surface area contributed by atoms with Gasteiger partial charge in [0, 0.05) is 0 Å². The van der Waals surface area contributed by atoms with Crippen molar-refractivity contribution in [1.82, 2.24) is 15.5 Å². The number of nitrogens with zero attached hydrogens (tertiary/aromatic N) is 2. The van der Waals surface area contributed by atoms with E-state index in [-0.39, 0.29) is 11.9 Å². The number of aromatic nitrogens is 2. The summed E-state index contributed by atoms with van der Waals surface area (Å²) >= 11 is 0. The summed E-state index contributed by atoms with van der Waals surface area (Å²) in [6.07, 6.45) is 9.11. The number of allylic oxidation sites excluding steroid dienone is 2. The van der Waals surface area contributed by atoms with Crippen molar-refractivity contribution in [2.45, 2.75) is 31.3 Å². The summed E-state index contributed by atoms with van der Waals surface area (Å²) in [5.41, 5.74) is 4.83. The van der Waals surface area contributed by atoms with Gasteiger partial charge in [0.2, 0.25) is 11.8 Å². The zero-order valence-corrected chi connectivity index (χ0v) is 11.5. The second-order valence-electron chi connectivity index (χ2n) is 4.80. The molecular weight excluding hydrogens is 256 g/mol. The highest BCUT2D eigenvalue weighted by Crippen LogP contribution is 2.33. The number of aryl methyl sites for hydroxylation is 1. The van der Waals surface area contributed by atoms with E-state index in [1.165, 1.54) is 0 Å². The highest BCUT2D eigenvalue weighted by Gasteiger charge is 2.41. The van der Waals surface area contributed by atoms with E-state index in [0.717, 1.165) is 0 Å². The van der Waals surface area contributed by atoms with Crippen LogP contribution >= 0.6 is 0 Å². The maximum atomic E-state index is 11.9. The van der Waals surface area contributed by atoms with Crippen LogP contribution < -0.4 is 11.1 Å². The quantitative estimate of drug-likeness (QED) is 0.790. The Bertz CT molecular complexity index is 573. The minimum Gasteiger partial charge on any atom is -0.347 e. The van der Waals surface area contributed by atoms with Gasteiger partial charge >= 0.3 is 0 Å². The van der Waals surface area contributed by atoms with E-state index in [1.54, 1.807) is 19.9 Å². The molecule has 106 valence electrons. The van der Waals surface area contributed by atoms with Gasteiger partial charge < -0.3 is 15.6 Å². The highest BCUT2D eigenvalue weighted by molar-refractivity contribution is 5.82. The van der Waals surface area contributed by atoms with Gasteiger partial charge in [0.15, 0.2) is 5.82 Å². The maximum absolute atomic E-state index is 11.9. The number of carbonyl (C=O) groups excluding carboxylic acids is 1. The minimum absolute atomic E-state index is 0.252. The van der Waals surface area contributed by atoms with Crippen LogP contribution in [0.25, 0.3) is 0 Å². The smallest absolute Gasteiger partial charge is 0.242 e. The first-order valence-electron chi connectivity index (χ1n) is 6.36. The van der Waals surface area contributed by atoms with E-state index in [0.29, 0.717) is 11.7 Å². The van der Waals surface area contributed by atoms with Crippen molar-refractivity contribution in [3.8, 4) is 0 Å². The van der Waals surface area contributed by atoms with Gasteiger partial charge in [-0.15, -0.1) is 6.58 Å². The zero-order valence-electron chi connectivity index (χ0n) is 11.5. The van der Waals surface area contributed by atoms with Gasteiger partial charge in [0.05, 0.1) is 12.1 Å². The summed E-state index contributed by atoms with van der Waals surface area (Å²) in [4.78, 5) is 16.1. The van der Waals surface area contributed by atoms with Gasteiger partial charge in [0.1, 0.15) is 5.41 Å². The molecule has 0 saturated heterocycles. The number of amides is 1. The largest absolute Gasteiger partial charge is 0.347 e. The van der Waals surface area contributed by atoms with Crippen molar-refractivity contribution >= 4 is 5.91 Å². The second-order valence-corrected chi connectivity index (χ2v) is 4.80. The molecule has 0 fully saturated rings. The number of rotatable bonds is 4. The van der Waals surface area contributed by atoms with Gasteiger partial charge in [-0.2, -0.15) is 4.98 Å². The molecule has 1 heterocycles. The third-order valence-electron chi connectivity index (χ3n) is 3.25. The average molecular weight is 274 g/mol. The Morgan fingerprint density at radius 2 is 2.40 bits per heavy atom. The third kappa shape index (κ3) is 2.42. The summed E-state index contributed by atoms with van der Waals surface area (Å²) in [6.45, 7) is 7.22. The van der Waals surface area contributed by atoms with E-state index in [2.05, 4.69) is 22.0 Å². The maximum Gasteiger partial charge on any atom is 0.242 e. The van der Waals surface area contributed by atoms with Gasteiger partial charge in [-0.05, 0) is 13.8 Å². The van der Waals surface area contributed by atoms with E-state index in [1.807, 2.05) is 24.3 Å². The second kappa shape index (κ2) is 5.42. The Kier molecular flexibility index (Phi) is 3.85. The normalized spacial score (nSPS) is 26.2. The Hall–Kier alpha value is -2.21. The first kappa shape index (κ1) is 14.2. The topological polar surface area (TPSA) is 94.0 Å². The zero-order chi connectivity index (χ0) is 14.8. The van der Waals surface area contributed by atoms with Crippen LogP contribution in [0.1, 0.15) is 18.6 Å². The fourth-order valence-corrected chi connectivity index (χ4v) is 2.06. The van der Waals surface area contributed by atoms with Crippen LogP contribution in [0.15, 0.2) is 41.5 Å². The fourth-order valence-electron chi connectivity index (χ4n) is 2.06. The molecule has 3 atom stereocenters. The summed E-state index contributed by atoms with van der Waals surface area (Å²) in [5.74, 6) is 0.666. The van der Waals surface area contributed by atoms with Gasteiger partial charge in [-0.1, -0.05) is 35.5 Å². The third-order valence-corrected chi connectivity index (χ3v) is 3.25. The number of carbonyl (C=O) groups is 1. The van der Waals surface area contributed by atoms with Crippen LogP contribution in [-0.2, 0) is 10.2 Å². The molecule has 0 aromatic carbocycles. The monoisotopic (exact) mass is 274 g/mol. The molecule has 2 unspecified atom stereocenters. The molecule has 6 heteroatoms. The summed E-state index contributed by atoms with van der Waals surface area (Å²) in [7, 11) is 0. The molecule has 1 aromatic heterocycles. The predicted molar refractivity (Wildman–Crippen MR) is 74.8 cm³/mol. The predicted octanol–water partition coefficient (Wildman–Crippen LogP) is 0.760. The van der Waals surface area contributed by atoms with Crippen molar-refractivity contribution in [2.75, 3.05) is 0 Å². The molecule has 1 aliphatic carbocycles. The highest BCUT2D eigenvalue weighted by atomic mass is 16.5. The first-order chi connectivity index (χ1) is 9.49. The van der Waals surface area contributed by atoms with Crippen LogP contribution in [0.3, 0.4) is 0 Å². The van der Waals surface area contributed by atoms with E-state index >= 15 is 0 Å². The molecule has 2 rings (SSSR count). The van der Waals surface area contributed by atoms with E-state index in [4.69, 9.17) is 10.3 Å². The molecule has 0 saturated carbocycles. The molecule has 1 amide bonds. The standard InChI is InChI=1S/C14H18N4O2/c1-4-14(13-16-10(3)18-20-13)8-6-5-7-11(14)17-12(19)9(2)15/h4-9,11H,1,15H2,2-3H3,(H,17,19)/t9?,11?,14-/m1/s1. The number of nitrogens with two attached hydrogens (primary N) is 1. The van der Waals surface area contributed by atoms with Crippen molar-refractivity contribution in [3.63, 3.8) is 0 Å². The Labute approximate surface area is 117 Å². The van der Waals surface area contributed by atoms with Gasteiger partial charge in [0.25, 0.3) is 0 Å². The van der Waals surface area contributed by atoms with Crippen molar-refractivity contribution in [2.24, 2.45) is 5.73 Å². The number of hydrogen-bond acceptors (Lipinski definition) is 5. The van der Waals surface area contributed by atoms with Crippen LogP contribution in [0.5, 0.6) is 0 Å². The molecule has 20 heavy (non-hydrogen) atoms. The van der Waals surface area contributed by atoms with Crippen LogP contribution in [0.4, 0.5) is 0 Å². The van der Waals surface area contributed by atoms with Crippen molar-refractivity contribution < 1.29 is 9.32 Å². The summed E-state index contributed by atoms with van der Waals surface area (Å²) in [5, 5.41) is 6.67. The molecule has 0 aliphatic heterocycles. The molecule has 0 radical (unpaired) electrons.